The molecule has 0 spiro atoms. The second kappa shape index (κ2) is 6.66. The van der Waals surface area contributed by atoms with Gasteiger partial charge in [0.1, 0.15) is 5.78 Å². The predicted molar refractivity (Wildman–Crippen MR) is 78.6 cm³/mol. The van der Waals surface area contributed by atoms with Crippen LogP contribution < -0.4 is 0 Å². The van der Waals surface area contributed by atoms with Crippen molar-refractivity contribution in [1.29, 1.82) is 0 Å². The lowest BCUT2D eigenvalue weighted by Crippen LogP contribution is -2.50. The molecule has 1 aliphatic heterocycles. The Hall–Kier alpha value is -1.68. The maximum atomic E-state index is 12.3. The van der Waals surface area contributed by atoms with E-state index >= 15 is 0 Å². The number of piperazine rings is 1. The number of benzene rings is 1. The Morgan fingerprint density at radius 1 is 1.10 bits per heavy atom. The zero-order valence-corrected chi connectivity index (χ0v) is 12.3. The average Bonchev–Trinajstić information content (AvgIpc) is 2.41. The molecule has 2 rings (SSSR count). The fraction of sp³-hybridized carbons (Fsp3) is 0.500. The molecule has 1 aromatic carbocycles. The summed E-state index contributed by atoms with van der Waals surface area (Å²) in [6, 6.07) is 8.01. The Bertz CT molecular complexity index is 491. The molecule has 0 aliphatic carbocycles. The molecule has 1 fully saturated rings. The smallest absolute Gasteiger partial charge is 0.227 e. The van der Waals surface area contributed by atoms with Crippen molar-refractivity contribution < 1.29 is 9.59 Å². The molecule has 0 radical (unpaired) electrons. The zero-order chi connectivity index (χ0) is 14.5. The molecule has 0 N–H and O–H groups in total. The second-order valence-corrected chi connectivity index (χ2v) is 5.46. The first-order valence-corrected chi connectivity index (χ1v) is 7.10. The minimum Gasteiger partial charge on any atom is -0.340 e. The van der Waals surface area contributed by atoms with Gasteiger partial charge in [0, 0.05) is 26.2 Å². The fourth-order valence-corrected chi connectivity index (χ4v) is 2.55. The Morgan fingerprint density at radius 3 is 2.35 bits per heavy atom. The molecule has 1 aromatic rings. The summed E-state index contributed by atoms with van der Waals surface area (Å²) >= 11 is 0. The van der Waals surface area contributed by atoms with Gasteiger partial charge in [0.15, 0.2) is 0 Å². The first-order chi connectivity index (χ1) is 9.56. The van der Waals surface area contributed by atoms with E-state index in [-0.39, 0.29) is 11.7 Å². The highest BCUT2D eigenvalue weighted by atomic mass is 16.2. The molecule has 1 saturated heterocycles. The Balaban J connectivity index is 1.86. The first kappa shape index (κ1) is 14.7. The molecule has 0 aromatic heterocycles. The van der Waals surface area contributed by atoms with E-state index in [0.717, 1.165) is 37.3 Å². The van der Waals surface area contributed by atoms with Crippen LogP contribution in [0, 0.1) is 6.92 Å². The molecule has 0 atom stereocenters. The van der Waals surface area contributed by atoms with Crippen molar-refractivity contribution in [1.82, 2.24) is 9.80 Å². The summed E-state index contributed by atoms with van der Waals surface area (Å²) in [6.45, 7) is 7.16. The Morgan fingerprint density at radius 2 is 1.75 bits per heavy atom. The van der Waals surface area contributed by atoms with E-state index in [4.69, 9.17) is 0 Å². The van der Waals surface area contributed by atoms with Gasteiger partial charge in [-0.05, 0) is 25.0 Å². The highest BCUT2D eigenvalue weighted by molar-refractivity contribution is 5.79. The third-order valence-electron chi connectivity index (χ3n) is 3.77. The second-order valence-electron chi connectivity index (χ2n) is 5.46. The normalized spacial score (nSPS) is 16.2. The summed E-state index contributed by atoms with van der Waals surface area (Å²) in [7, 11) is 0. The summed E-state index contributed by atoms with van der Waals surface area (Å²) in [5.41, 5.74) is 2.26. The van der Waals surface area contributed by atoms with Gasteiger partial charge in [0.25, 0.3) is 0 Å². The maximum Gasteiger partial charge on any atom is 0.227 e. The molecule has 4 heteroatoms. The Labute approximate surface area is 120 Å². The number of amides is 1. The van der Waals surface area contributed by atoms with Gasteiger partial charge in [0.2, 0.25) is 5.91 Å². The number of rotatable bonds is 4. The molecule has 1 aliphatic rings. The third kappa shape index (κ3) is 3.90. The van der Waals surface area contributed by atoms with E-state index < -0.39 is 0 Å². The summed E-state index contributed by atoms with van der Waals surface area (Å²) in [4.78, 5) is 27.4. The van der Waals surface area contributed by atoms with Crippen LogP contribution in [0.1, 0.15) is 18.1 Å². The van der Waals surface area contributed by atoms with E-state index in [9.17, 15) is 9.59 Å². The SMILES string of the molecule is CC(=O)CN1CCN(C(=O)Cc2ccccc2C)CC1. The lowest BCUT2D eigenvalue weighted by atomic mass is 10.1. The van der Waals surface area contributed by atoms with E-state index in [0.29, 0.717) is 13.0 Å². The first-order valence-electron chi connectivity index (χ1n) is 7.10. The van der Waals surface area contributed by atoms with Crippen LogP contribution in [0.15, 0.2) is 24.3 Å². The van der Waals surface area contributed by atoms with Gasteiger partial charge in [-0.15, -0.1) is 0 Å². The summed E-state index contributed by atoms with van der Waals surface area (Å²) in [6.07, 6.45) is 0.472. The van der Waals surface area contributed by atoms with Gasteiger partial charge in [0.05, 0.1) is 13.0 Å². The van der Waals surface area contributed by atoms with Gasteiger partial charge in [-0.25, -0.2) is 0 Å². The van der Waals surface area contributed by atoms with Gasteiger partial charge in [-0.2, -0.15) is 0 Å². The summed E-state index contributed by atoms with van der Waals surface area (Å²) in [5, 5.41) is 0. The van der Waals surface area contributed by atoms with E-state index in [1.54, 1.807) is 6.92 Å². The van der Waals surface area contributed by atoms with Crippen molar-refractivity contribution in [2.45, 2.75) is 20.3 Å². The number of hydrogen-bond acceptors (Lipinski definition) is 3. The van der Waals surface area contributed by atoms with Crippen LogP contribution in [0.2, 0.25) is 0 Å². The van der Waals surface area contributed by atoms with E-state index in [1.807, 2.05) is 36.1 Å². The summed E-state index contributed by atoms with van der Waals surface area (Å²) < 4.78 is 0. The van der Waals surface area contributed by atoms with Crippen molar-refractivity contribution in [3.8, 4) is 0 Å². The van der Waals surface area contributed by atoms with Crippen molar-refractivity contribution >= 4 is 11.7 Å². The van der Waals surface area contributed by atoms with Crippen molar-refractivity contribution in [3.05, 3.63) is 35.4 Å². The monoisotopic (exact) mass is 274 g/mol. The van der Waals surface area contributed by atoms with Gasteiger partial charge < -0.3 is 4.90 Å². The van der Waals surface area contributed by atoms with Gasteiger partial charge in [-0.3, -0.25) is 14.5 Å². The van der Waals surface area contributed by atoms with Crippen LogP contribution in [0.5, 0.6) is 0 Å². The van der Waals surface area contributed by atoms with Crippen LogP contribution in [-0.2, 0) is 16.0 Å². The lowest BCUT2D eigenvalue weighted by molar-refractivity contribution is -0.132. The van der Waals surface area contributed by atoms with Crippen molar-refractivity contribution in [2.75, 3.05) is 32.7 Å². The largest absolute Gasteiger partial charge is 0.340 e. The highest BCUT2D eigenvalue weighted by Crippen LogP contribution is 2.11. The van der Waals surface area contributed by atoms with E-state index in [1.165, 1.54) is 0 Å². The molecule has 1 amide bonds. The number of nitrogens with zero attached hydrogens (tertiary/aromatic N) is 2. The number of ketones is 1. The standard InChI is InChI=1S/C16H22N2O2/c1-13-5-3-4-6-15(13)11-16(20)18-9-7-17(8-10-18)12-14(2)19/h3-6H,7-12H2,1-2H3. The zero-order valence-electron chi connectivity index (χ0n) is 12.3. The highest BCUT2D eigenvalue weighted by Gasteiger charge is 2.21. The summed E-state index contributed by atoms with van der Waals surface area (Å²) in [5.74, 6) is 0.367. The van der Waals surface area contributed by atoms with Crippen LogP contribution in [0.3, 0.4) is 0 Å². The number of carbonyl (C=O) groups is 2. The topological polar surface area (TPSA) is 40.6 Å². The molecular weight excluding hydrogens is 252 g/mol. The molecule has 0 unspecified atom stereocenters. The van der Waals surface area contributed by atoms with Crippen LogP contribution in [0.4, 0.5) is 0 Å². The van der Waals surface area contributed by atoms with Crippen LogP contribution in [0.25, 0.3) is 0 Å². The molecule has 0 saturated carbocycles. The molecule has 108 valence electrons. The van der Waals surface area contributed by atoms with Crippen molar-refractivity contribution in [2.24, 2.45) is 0 Å². The quantitative estimate of drug-likeness (QED) is 0.830. The van der Waals surface area contributed by atoms with Crippen LogP contribution >= 0.6 is 0 Å². The Kier molecular flexibility index (Phi) is 4.90. The fourth-order valence-electron chi connectivity index (χ4n) is 2.55. The number of carbonyl (C=O) groups excluding carboxylic acids is 2. The lowest BCUT2D eigenvalue weighted by Gasteiger charge is -2.34. The molecular formula is C16H22N2O2. The van der Waals surface area contributed by atoms with Crippen LogP contribution in [-0.4, -0.2) is 54.2 Å². The molecule has 20 heavy (non-hydrogen) atoms. The third-order valence-corrected chi connectivity index (χ3v) is 3.77. The molecule has 1 heterocycles. The van der Waals surface area contributed by atoms with Gasteiger partial charge >= 0.3 is 0 Å². The van der Waals surface area contributed by atoms with Gasteiger partial charge in [-0.1, -0.05) is 24.3 Å². The molecule has 0 bridgehead atoms. The minimum atomic E-state index is 0.182. The maximum absolute atomic E-state index is 12.3. The van der Waals surface area contributed by atoms with Crippen molar-refractivity contribution in [3.63, 3.8) is 0 Å². The molecule has 4 nitrogen and oxygen atoms in total. The number of hydrogen-bond donors (Lipinski definition) is 0. The number of Topliss-reactive ketones (excluding diaryl/α,β-unsaturated/α-hetero) is 1. The van der Waals surface area contributed by atoms with E-state index in [2.05, 4.69) is 4.90 Å². The minimum absolute atomic E-state index is 0.182. The number of aryl methyl sites for hydroxylation is 1. The predicted octanol–water partition coefficient (Wildman–Crippen LogP) is 1.27. The average molecular weight is 274 g/mol.